The fraction of sp³-hybridized carbons (Fsp3) is 0.269. The topological polar surface area (TPSA) is 69.7 Å². The van der Waals surface area contributed by atoms with Gasteiger partial charge in [-0.15, -0.1) is 0 Å². The molecule has 1 amide bonds. The fourth-order valence-electron chi connectivity index (χ4n) is 4.12. The Bertz CT molecular complexity index is 1230. The number of hydrogen-bond acceptors (Lipinski definition) is 4. The van der Waals surface area contributed by atoms with Crippen molar-refractivity contribution in [2.75, 3.05) is 23.9 Å². The van der Waals surface area contributed by atoms with Crippen LogP contribution in [-0.2, 0) is 27.9 Å². The largest absolute Gasteiger partial charge is 0.350 e. The summed E-state index contributed by atoms with van der Waals surface area (Å²) < 4.78 is 42.0. The number of para-hydroxylation sites is 1. The molecule has 1 fully saturated rings. The quantitative estimate of drug-likeness (QED) is 0.503. The highest BCUT2D eigenvalue weighted by Crippen LogP contribution is 2.26. The molecule has 3 aromatic rings. The number of nitrogens with zero attached hydrogens (tertiary/aromatic N) is 2. The van der Waals surface area contributed by atoms with E-state index in [1.165, 1.54) is 43.2 Å². The normalized spacial score (nSPS) is 14.1. The van der Waals surface area contributed by atoms with Crippen LogP contribution in [0.25, 0.3) is 0 Å². The van der Waals surface area contributed by atoms with Crippen molar-refractivity contribution >= 4 is 21.6 Å². The molecule has 0 spiro atoms. The molecule has 1 aliphatic heterocycles. The van der Waals surface area contributed by atoms with Gasteiger partial charge in [-0.2, -0.15) is 0 Å². The zero-order valence-corrected chi connectivity index (χ0v) is 19.7. The Kier molecular flexibility index (Phi) is 7.59. The minimum Gasteiger partial charge on any atom is -0.350 e. The monoisotopic (exact) mass is 481 g/mol. The van der Waals surface area contributed by atoms with E-state index < -0.39 is 28.3 Å². The highest BCUT2D eigenvalue weighted by Gasteiger charge is 2.29. The lowest BCUT2D eigenvalue weighted by Crippen LogP contribution is -2.41. The molecule has 0 bridgehead atoms. The second kappa shape index (κ2) is 10.8. The van der Waals surface area contributed by atoms with E-state index in [1.807, 2.05) is 24.3 Å². The van der Waals surface area contributed by atoms with Crippen molar-refractivity contribution in [3.05, 3.63) is 95.8 Å². The number of nitrogens with one attached hydrogen (secondary N) is 1. The number of benzene rings is 3. The molecule has 3 aromatic carbocycles. The van der Waals surface area contributed by atoms with E-state index >= 15 is 0 Å². The summed E-state index contributed by atoms with van der Waals surface area (Å²) in [6, 6.07) is 21.2. The molecule has 1 aliphatic rings. The predicted octanol–water partition coefficient (Wildman–Crippen LogP) is 3.93. The number of sulfonamides is 1. The first kappa shape index (κ1) is 23.9. The van der Waals surface area contributed by atoms with Crippen LogP contribution in [0, 0.1) is 5.82 Å². The highest BCUT2D eigenvalue weighted by atomic mass is 32.2. The average molecular weight is 482 g/mol. The number of likely N-dealkylation sites (tertiary alicyclic amines) is 1. The fourth-order valence-corrected chi connectivity index (χ4v) is 5.57. The van der Waals surface area contributed by atoms with Gasteiger partial charge < -0.3 is 5.32 Å². The lowest BCUT2D eigenvalue weighted by molar-refractivity contribution is -0.119. The van der Waals surface area contributed by atoms with Gasteiger partial charge in [-0.25, -0.2) is 12.8 Å². The predicted molar refractivity (Wildman–Crippen MR) is 130 cm³/mol. The van der Waals surface area contributed by atoms with Gasteiger partial charge in [0.1, 0.15) is 12.4 Å². The van der Waals surface area contributed by atoms with Gasteiger partial charge in [-0.3, -0.25) is 14.0 Å². The maximum Gasteiger partial charge on any atom is 0.264 e. The third kappa shape index (κ3) is 5.63. The lowest BCUT2D eigenvalue weighted by atomic mass is 10.1. The minimum atomic E-state index is -4.15. The van der Waals surface area contributed by atoms with Crippen LogP contribution in [0.1, 0.15) is 24.0 Å². The van der Waals surface area contributed by atoms with E-state index in [9.17, 15) is 17.6 Å². The van der Waals surface area contributed by atoms with Crippen LogP contribution in [0.15, 0.2) is 83.8 Å². The van der Waals surface area contributed by atoms with E-state index in [0.717, 1.165) is 35.1 Å². The van der Waals surface area contributed by atoms with E-state index in [-0.39, 0.29) is 17.1 Å². The van der Waals surface area contributed by atoms with Crippen molar-refractivity contribution in [3.63, 3.8) is 0 Å². The summed E-state index contributed by atoms with van der Waals surface area (Å²) in [5, 5.41) is 2.82. The van der Waals surface area contributed by atoms with Crippen LogP contribution >= 0.6 is 0 Å². The maximum absolute atomic E-state index is 14.6. The second-order valence-corrected chi connectivity index (χ2v) is 10.2. The smallest absolute Gasteiger partial charge is 0.264 e. The van der Waals surface area contributed by atoms with E-state index in [1.54, 1.807) is 24.3 Å². The Morgan fingerprint density at radius 2 is 1.50 bits per heavy atom. The van der Waals surface area contributed by atoms with Crippen LogP contribution in [0.2, 0.25) is 0 Å². The van der Waals surface area contributed by atoms with Gasteiger partial charge in [0.05, 0.1) is 10.6 Å². The molecule has 178 valence electrons. The number of carbonyl (C=O) groups excluding carboxylic acids is 1. The van der Waals surface area contributed by atoms with Gasteiger partial charge >= 0.3 is 0 Å². The summed E-state index contributed by atoms with van der Waals surface area (Å²) in [6.45, 7) is 2.67. The van der Waals surface area contributed by atoms with Crippen LogP contribution < -0.4 is 9.62 Å². The molecule has 0 aliphatic carbocycles. The van der Waals surface area contributed by atoms with Crippen LogP contribution in [-0.4, -0.2) is 38.9 Å². The third-order valence-electron chi connectivity index (χ3n) is 5.93. The molecule has 34 heavy (non-hydrogen) atoms. The van der Waals surface area contributed by atoms with Crippen molar-refractivity contribution in [2.24, 2.45) is 0 Å². The molecule has 4 rings (SSSR count). The zero-order chi connectivity index (χ0) is 24.0. The van der Waals surface area contributed by atoms with E-state index in [2.05, 4.69) is 10.2 Å². The summed E-state index contributed by atoms with van der Waals surface area (Å²) in [5.41, 5.74) is 1.94. The SMILES string of the molecule is O=C(CN(c1ccccc1F)S(=O)(=O)c1ccccc1)NCc1ccccc1CN1CCCC1. The van der Waals surface area contributed by atoms with Gasteiger partial charge in [-0.1, -0.05) is 54.6 Å². The Hall–Kier alpha value is -3.23. The summed E-state index contributed by atoms with van der Waals surface area (Å²) in [7, 11) is -4.15. The average Bonchev–Trinajstić information content (AvgIpc) is 3.36. The molecule has 6 nitrogen and oxygen atoms in total. The molecule has 0 aromatic heterocycles. The first-order valence-corrected chi connectivity index (χ1v) is 12.8. The number of halogens is 1. The Labute approximate surface area is 200 Å². The van der Waals surface area contributed by atoms with Crippen molar-refractivity contribution < 1.29 is 17.6 Å². The molecule has 1 heterocycles. The van der Waals surface area contributed by atoms with E-state index in [4.69, 9.17) is 0 Å². The number of carbonyl (C=O) groups is 1. The van der Waals surface area contributed by atoms with Crippen molar-refractivity contribution in [1.29, 1.82) is 0 Å². The number of hydrogen-bond donors (Lipinski definition) is 1. The van der Waals surface area contributed by atoms with Crippen LogP contribution in [0.3, 0.4) is 0 Å². The molecule has 8 heteroatoms. The molecule has 0 unspecified atom stereocenters. The maximum atomic E-state index is 14.6. The number of amides is 1. The highest BCUT2D eigenvalue weighted by molar-refractivity contribution is 7.92. The van der Waals surface area contributed by atoms with Crippen LogP contribution in [0.4, 0.5) is 10.1 Å². The van der Waals surface area contributed by atoms with Gasteiger partial charge in [0.25, 0.3) is 10.0 Å². The van der Waals surface area contributed by atoms with Crippen molar-refractivity contribution in [1.82, 2.24) is 10.2 Å². The summed E-state index contributed by atoms with van der Waals surface area (Å²) in [6.07, 6.45) is 2.39. The number of anilines is 1. The molecule has 0 atom stereocenters. The van der Waals surface area contributed by atoms with Crippen LogP contribution in [0.5, 0.6) is 0 Å². The summed E-state index contributed by atoms with van der Waals surface area (Å²) in [4.78, 5) is 15.3. The lowest BCUT2D eigenvalue weighted by Gasteiger charge is -2.24. The van der Waals surface area contributed by atoms with Gasteiger partial charge in [0, 0.05) is 13.1 Å². The van der Waals surface area contributed by atoms with E-state index in [0.29, 0.717) is 0 Å². The first-order chi connectivity index (χ1) is 16.4. The molecular weight excluding hydrogens is 453 g/mol. The number of rotatable bonds is 9. The van der Waals surface area contributed by atoms with Crippen molar-refractivity contribution in [2.45, 2.75) is 30.8 Å². The molecular formula is C26H28FN3O3S. The van der Waals surface area contributed by atoms with Gasteiger partial charge in [-0.05, 0) is 61.3 Å². The molecule has 0 saturated carbocycles. The zero-order valence-electron chi connectivity index (χ0n) is 18.9. The van der Waals surface area contributed by atoms with Crippen molar-refractivity contribution in [3.8, 4) is 0 Å². The Balaban J connectivity index is 1.52. The molecule has 1 N–H and O–H groups in total. The standard InChI is InChI=1S/C26H28FN3O3S/c27-24-14-6-7-15-25(24)30(34(32,33)23-12-2-1-3-13-23)20-26(31)28-18-21-10-4-5-11-22(21)19-29-16-8-9-17-29/h1-7,10-15H,8-9,16-20H2,(H,28,31). The molecule has 1 saturated heterocycles. The third-order valence-corrected chi connectivity index (χ3v) is 7.70. The minimum absolute atomic E-state index is 0.0120. The Morgan fingerprint density at radius 3 is 2.21 bits per heavy atom. The van der Waals surface area contributed by atoms with Gasteiger partial charge in [0.2, 0.25) is 5.91 Å². The Morgan fingerprint density at radius 1 is 0.882 bits per heavy atom. The first-order valence-electron chi connectivity index (χ1n) is 11.3. The molecule has 0 radical (unpaired) electrons. The van der Waals surface area contributed by atoms with Gasteiger partial charge in [0.15, 0.2) is 0 Å². The second-order valence-electron chi connectivity index (χ2n) is 8.30. The summed E-state index contributed by atoms with van der Waals surface area (Å²) >= 11 is 0. The summed E-state index contributed by atoms with van der Waals surface area (Å²) in [5.74, 6) is -1.23.